The van der Waals surface area contributed by atoms with Gasteiger partial charge in [0.25, 0.3) is 0 Å². The first-order valence-electron chi connectivity index (χ1n) is 16.3. The molecule has 0 aromatic heterocycles. The maximum atomic E-state index is 12.2. The molecule has 13 nitrogen and oxygen atoms in total. The topological polar surface area (TPSA) is 215 Å². The summed E-state index contributed by atoms with van der Waals surface area (Å²) >= 11 is 0. The van der Waals surface area contributed by atoms with Gasteiger partial charge in [0.1, 0.15) is 26.8 Å². The van der Waals surface area contributed by atoms with Crippen LogP contribution in [0.3, 0.4) is 0 Å². The number of carbonyl (C=O) groups is 1. The monoisotopic (exact) mass is 770 g/mol. The van der Waals surface area contributed by atoms with E-state index in [-0.39, 0.29) is 22.8 Å². The van der Waals surface area contributed by atoms with Gasteiger partial charge in [-0.1, -0.05) is 38.1 Å². The number of carboxylic acid groups (broad SMARTS) is 1. The normalized spacial score (nSPS) is 17.9. The summed E-state index contributed by atoms with van der Waals surface area (Å²) < 4.78 is 108. The van der Waals surface area contributed by atoms with Crippen LogP contribution >= 0.6 is 0 Å². The summed E-state index contributed by atoms with van der Waals surface area (Å²) in [6.07, 6.45) is 9.71. The largest absolute Gasteiger partial charge is 0.748 e. The van der Waals surface area contributed by atoms with Crippen LogP contribution in [-0.4, -0.2) is 79.1 Å². The Bertz CT molecular complexity index is 2460. The van der Waals surface area contributed by atoms with Gasteiger partial charge < -0.3 is 23.7 Å². The Hall–Kier alpha value is -4.19. The zero-order chi connectivity index (χ0) is 38.6. The molecule has 52 heavy (non-hydrogen) atoms. The van der Waals surface area contributed by atoms with Crippen molar-refractivity contribution in [3.8, 4) is 0 Å². The third kappa shape index (κ3) is 7.36. The Morgan fingerprint density at radius 2 is 1.54 bits per heavy atom. The number of anilines is 1. The molecule has 16 heteroatoms. The van der Waals surface area contributed by atoms with Crippen molar-refractivity contribution < 1.29 is 53.4 Å². The second-order valence-corrected chi connectivity index (χ2v) is 18.0. The molecule has 0 unspecified atom stereocenters. The highest BCUT2D eigenvalue weighted by atomic mass is 32.2. The van der Waals surface area contributed by atoms with Crippen molar-refractivity contribution in [2.45, 2.75) is 68.1 Å². The van der Waals surface area contributed by atoms with Crippen LogP contribution in [0.25, 0.3) is 10.8 Å². The molecule has 0 saturated carbocycles. The molecule has 3 aromatic carbocycles. The van der Waals surface area contributed by atoms with Crippen LogP contribution < -0.4 is 4.90 Å². The van der Waals surface area contributed by atoms with Crippen molar-refractivity contribution in [2.24, 2.45) is 0 Å². The molecule has 0 spiro atoms. The Morgan fingerprint density at radius 1 is 0.846 bits per heavy atom. The van der Waals surface area contributed by atoms with Crippen LogP contribution in [0.4, 0.5) is 11.4 Å². The third-order valence-electron chi connectivity index (χ3n) is 9.67. The Balaban J connectivity index is 1.54. The summed E-state index contributed by atoms with van der Waals surface area (Å²) in [5.74, 6) is -1.55. The molecule has 0 bridgehead atoms. The Labute approximate surface area is 303 Å². The molecule has 278 valence electrons. The van der Waals surface area contributed by atoms with Crippen LogP contribution in [-0.2, 0) is 41.2 Å². The first-order chi connectivity index (χ1) is 24.0. The number of fused-ring (bicyclic) bond motifs is 4. The van der Waals surface area contributed by atoms with E-state index in [0.29, 0.717) is 36.8 Å². The minimum absolute atomic E-state index is 0.0110. The fraction of sp³-hybridized carbons (Fsp3) is 0.333. The predicted octanol–water partition coefficient (Wildman–Crippen LogP) is 4.86. The zero-order valence-electron chi connectivity index (χ0n) is 29.1. The third-order valence-corrected chi connectivity index (χ3v) is 12.1. The minimum Gasteiger partial charge on any atom is -0.748 e. The smallest absolute Gasteiger partial charge is 0.335 e. The summed E-state index contributed by atoms with van der Waals surface area (Å²) in [5, 5.41) is 9.79. The van der Waals surface area contributed by atoms with Crippen LogP contribution in [0, 0.1) is 0 Å². The maximum Gasteiger partial charge on any atom is 0.335 e. The van der Waals surface area contributed by atoms with E-state index in [9.17, 15) is 48.8 Å². The van der Waals surface area contributed by atoms with E-state index < -0.39 is 62.7 Å². The lowest BCUT2D eigenvalue weighted by Gasteiger charge is -2.26. The number of unbranched alkanes of at least 4 members (excludes halogenated alkanes) is 1. The highest BCUT2D eigenvalue weighted by molar-refractivity contribution is 7.86. The summed E-state index contributed by atoms with van der Waals surface area (Å²) in [6, 6.07) is 9.68. The number of likely N-dealkylation sites (N-methyl/N-ethyl adjacent to an activating group) is 1. The zero-order valence-corrected chi connectivity index (χ0v) is 31.6. The summed E-state index contributed by atoms with van der Waals surface area (Å²) in [5.41, 5.74) is 3.05. The van der Waals surface area contributed by atoms with Crippen molar-refractivity contribution in [3.05, 3.63) is 95.2 Å². The van der Waals surface area contributed by atoms with Crippen LogP contribution in [0.1, 0.15) is 68.9 Å². The first kappa shape index (κ1) is 39.0. The van der Waals surface area contributed by atoms with Crippen molar-refractivity contribution in [1.29, 1.82) is 0 Å². The average molecular weight is 771 g/mol. The number of hydrogen-bond acceptors (Lipinski definition) is 11. The van der Waals surface area contributed by atoms with Crippen LogP contribution in [0.15, 0.2) is 88.3 Å². The summed E-state index contributed by atoms with van der Waals surface area (Å²) in [7, 11) is -14.6. The molecular formula is C36H38N2O11S3-2. The standard InChI is InChI=1S/C36H40N2O11S3/c1-6-37-29-17-15-25-26(21-24(51(44,45)46)22-30(25)52(47,48)49)33(29)36(4,5)32(37)13-9-7-8-12-31-35(2,3)27-20-23(34(39)40)14-16-28(27)38(31)18-10-11-19-50(41,42)43/h7-9,12-17,20-22H,6,10-11,18-19H2,1-5H3,(H3-,39,40,41,42,43,44,45,46,47,48,49)/p-2. The molecule has 2 aliphatic heterocycles. The lowest BCUT2D eigenvalue weighted by molar-refractivity contribution is -0.438. The molecule has 5 rings (SSSR count). The van der Waals surface area contributed by atoms with Crippen molar-refractivity contribution in [1.82, 2.24) is 0 Å². The van der Waals surface area contributed by atoms with Crippen LogP contribution in [0.2, 0.25) is 0 Å². The molecule has 0 fully saturated rings. The molecule has 2 heterocycles. The maximum absolute atomic E-state index is 12.2. The van der Waals surface area contributed by atoms with Gasteiger partial charge in [-0.2, -0.15) is 4.58 Å². The van der Waals surface area contributed by atoms with Gasteiger partial charge in [0.05, 0.1) is 30.9 Å². The molecule has 0 aliphatic carbocycles. The lowest BCUT2D eigenvalue weighted by Crippen LogP contribution is -2.28. The number of nitrogens with zero attached hydrogens (tertiary/aromatic N) is 2. The number of rotatable bonds is 12. The molecule has 0 amide bonds. The Morgan fingerprint density at radius 3 is 2.13 bits per heavy atom. The predicted molar refractivity (Wildman–Crippen MR) is 192 cm³/mol. The molecule has 0 saturated heterocycles. The fourth-order valence-corrected chi connectivity index (χ4v) is 9.16. The van der Waals surface area contributed by atoms with E-state index in [1.807, 2.05) is 62.3 Å². The van der Waals surface area contributed by atoms with Crippen molar-refractivity contribution >= 4 is 64.2 Å². The lowest BCUT2D eigenvalue weighted by atomic mass is 9.80. The second-order valence-electron chi connectivity index (χ2n) is 13.7. The number of carboxylic acids is 1. The van der Waals surface area contributed by atoms with Crippen molar-refractivity contribution in [2.75, 3.05) is 23.7 Å². The van der Waals surface area contributed by atoms with E-state index in [1.165, 1.54) is 12.1 Å². The van der Waals surface area contributed by atoms with E-state index in [2.05, 4.69) is 0 Å². The van der Waals surface area contributed by atoms with Gasteiger partial charge in [-0.15, -0.1) is 0 Å². The number of aromatic carboxylic acids is 1. The first-order valence-corrected chi connectivity index (χ1v) is 20.7. The SMILES string of the molecule is CCN1\C(=C/C=C/C=C/C2=[N+](CCCCS(=O)(=O)[O-])c3ccc(C(=O)O)cc3C2(C)C)C(C)(C)c2c1ccc1c(S(=O)(=O)[O-])cc(S(=O)(=O)[O-])cc21. The highest BCUT2D eigenvalue weighted by Crippen LogP contribution is 2.51. The average Bonchev–Trinajstić information content (AvgIpc) is 3.38. The van der Waals surface area contributed by atoms with Gasteiger partial charge >= 0.3 is 5.97 Å². The number of hydrogen-bond donors (Lipinski definition) is 1. The van der Waals surface area contributed by atoms with E-state index in [4.69, 9.17) is 0 Å². The van der Waals surface area contributed by atoms with Gasteiger partial charge in [0.2, 0.25) is 5.69 Å². The highest BCUT2D eigenvalue weighted by Gasteiger charge is 2.45. The Kier molecular flexibility index (Phi) is 10.3. The molecule has 0 atom stereocenters. The molecule has 2 aliphatic rings. The fourth-order valence-electron chi connectivity index (χ4n) is 7.29. The molecule has 0 radical (unpaired) electrons. The van der Waals surface area contributed by atoms with E-state index >= 15 is 0 Å². The summed E-state index contributed by atoms with van der Waals surface area (Å²) in [4.78, 5) is 12.1. The molecule has 3 aromatic rings. The summed E-state index contributed by atoms with van der Waals surface area (Å²) in [6.45, 7) is 10.4. The second kappa shape index (κ2) is 13.7. The van der Waals surface area contributed by atoms with E-state index in [0.717, 1.165) is 28.7 Å². The van der Waals surface area contributed by atoms with Gasteiger partial charge in [0, 0.05) is 53.2 Å². The van der Waals surface area contributed by atoms with Crippen molar-refractivity contribution in [3.63, 3.8) is 0 Å². The van der Waals surface area contributed by atoms with Gasteiger partial charge in [0.15, 0.2) is 5.71 Å². The minimum atomic E-state index is -5.14. The quantitative estimate of drug-likeness (QED) is 0.113. The molecule has 1 N–H and O–H groups in total. The molecular weight excluding hydrogens is 733 g/mol. The number of benzene rings is 3. The van der Waals surface area contributed by atoms with Gasteiger partial charge in [-0.25, -0.2) is 30.0 Å². The van der Waals surface area contributed by atoms with Crippen LogP contribution in [0.5, 0.6) is 0 Å². The van der Waals surface area contributed by atoms with E-state index in [1.54, 1.807) is 30.4 Å². The van der Waals surface area contributed by atoms with Gasteiger partial charge in [-0.3, -0.25) is 0 Å². The van der Waals surface area contributed by atoms with Gasteiger partial charge in [-0.05, 0) is 79.9 Å². The number of allylic oxidation sites excluding steroid dienone is 6.